The molecule has 0 saturated carbocycles. The first-order valence-corrected chi connectivity index (χ1v) is 10.1. The maximum Gasteiger partial charge on any atom is -0.0809 e. The van der Waals surface area contributed by atoms with Gasteiger partial charge in [0.1, 0.15) is 0 Å². The van der Waals surface area contributed by atoms with Gasteiger partial charge in [0.05, 0.1) is 0 Å². The average Bonchev–Trinajstić information content (AvgIpc) is 3.30. The van der Waals surface area contributed by atoms with Gasteiger partial charge in [-0.15, -0.1) is 59.3 Å². The maximum atomic E-state index is 2.26. The third-order valence-electron chi connectivity index (χ3n) is 4.17. The molecule has 4 aromatic carbocycles. The van der Waals surface area contributed by atoms with Gasteiger partial charge in [-0.3, -0.25) is 0 Å². The molecular formula is C24H26Cl2Zr-2. The quantitative estimate of drug-likeness (QED) is 0.377. The second-order valence-electron chi connectivity index (χ2n) is 6.34. The van der Waals surface area contributed by atoms with Crippen molar-refractivity contribution in [1.29, 1.82) is 0 Å². The van der Waals surface area contributed by atoms with Crippen LogP contribution in [0.4, 0.5) is 0 Å². The predicted molar refractivity (Wildman–Crippen MR) is 109 cm³/mol. The number of benzene rings is 2. The molecule has 0 radical (unpaired) electrons. The molecule has 0 unspecified atom stereocenters. The van der Waals surface area contributed by atoms with Gasteiger partial charge in [0.2, 0.25) is 0 Å². The molecule has 0 amide bonds. The predicted octanol–water partition coefficient (Wildman–Crippen LogP) is 0.897. The van der Waals surface area contributed by atoms with E-state index in [0.29, 0.717) is 0 Å². The molecule has 0 nitrogen and oxygen atoms in total. The van der Waals surface area contributed by atoms with Crippen LogP contribution in [-0.2, 0) is 24.2 Å². The van der Waals surface area contributed by atoms with E-state index in [1.54, 1.807) is 27.4 Å². The standard InChI is InChI=1S/2C9H7.C6H12.2ClH.Zr/c2*1-2-5-9-7-3-6-8(9)4-1;1-4-5-6(2)3;;;/h2*1-7H;6H,4H2,1-3H3;2*1H;/q2*-1;;;;+2/p-2. The van der Waals surface area contributed by atoms with Crippen LogP contribution in [0.15, 0.2) is 84.9 Å². The van der Waals surface area contributed by atoms with Crippen molar-refractivity contribution < 1.29 is 49.0 Å². The largest absolute Gasteiger partial charge is 1.00 e. The fourth-order valence-electron chi connectivity index (χ4n) is 2.55. The van der Waals surface area contributed by atoms with Crippen molar-refractivity contribution in [2.75, 3.05) is 0 Å². The summed E-state index contributed by atoms with van der Waals surface area (Å²) in [7, 11) is 0. The second-order valence-corrected chi connectivity index (χ2v) is 7.92. The Morgan fingerprint density at radius 1 is 0.778 bits per heavy atom. The summed E-state index contributed by atoms with van der Waals surface area (Å²) in [5.41, 5.74) is 0. The Bertz CT molecular complexity index is 776. The molecule has 0 aliphatic carbocycles. The summed E-state index contributed by atoms with van der Waals surface area (Å²) in [4.78, 5) is 0. The first kappa shape index (κ1) is 26.0. The third kappa shape index (κ3) is 8.69. The Morgan fingerprint density at radius 3 is 1.48 bits per heavy atom. The normalized spacial score (nSPS) is 9.41. The molecule has 0 aromatic heterocycles. The van der Waals surface area contributed by atoms with E-state index in [4.69, 9.17) is 0 Å². The Kier molecular flexibility index (Phi) is 13.5. The van der Waals surface area contributed by atoms with Crippen LogP contribution in [-0.4, -0.2) is 3.21 Å². The fourth-order valence-corrected chi connectivity index (χ4v) is 2.55. The van der Waals surface area contributed by atoms with Gasteiger partial charge >= 0.3 is 60.6 Å². The topological polar surface area (TPSA) is 0 Å². The zero-order valence-electron chi connectivity index (χ0n) is 16.1. The number of hydrogen-bond acceptors (Lipinski definition) is 0. The van der Waals surface area contributed by atoms with E-state index in [1.165, 1.54) is 28.0 Å². The van der Waals surface area contributed by atoms with Gasteiger partial charge in [0.15, 0.2) is 0 Å². The van der Waals surface area contributed by atoms with Gasteiger partial charge in [-0.25, -0.2) is 0 Å². The molecule has 0 spiro atoms. The van der Waals surface area contributed by atoms with Crippen molar-refractivity contribution in [2.24, 2.45) is 5.92 Å². The van der Waals surface area contributed by atoms with Crippen LogP contribution in [0.3, 0.4) is 0 Å². The molecule has 3 heteroatoms. The third-order valence-corrected chi connectivity index (χ3v) is 6.46. The van der Waals surface area contributed by atoms with E-state index in [1.807, 2.05) is 0 Å². The van der Waals surface area contributed by atoms with Crippen molar-refractivity contribution in [1.82, 2.24) is 0 Å². The van der Waals surface area contributed by atoms with Gasteiger partial charge in [0.25, 0.3) is 0 Å². The zero-order valence-corrected chi connectivity index (χ0v) is 20.1. The average molecular weight is 477 g/mol. The van der Waals surface area contributed by atoms with Crippen molar-refractivity contribution >= 4 is 24.8 Å². The van der Waals surface area contributed by atoms with Crippen LogP contribution < -0.4 is 24.8 Å². The van der Waals surface area contributed by atoms with Crippen LogP contribution in [0.5, 0.6) is 0 Å². The minimum Gasteiger partial charge on any atom is -1.00 e. The Morgan fingerprint density at radius 2 is 1.19 bits per heavy atom. The monoisotopic (exact) mass is 474 g/mol. The van der Waals surface area contributed by atoms with Crippen molar-refractivity contribution in [2.45, 2.75) is 27.2 Å². The minimum atomic E-state index is 0. The van der Waals surface area contributed by atoms with Gasteiger partial charge < -0.3 is 24.8 Å². The van der Waals surface area contributed by atoms with Gasteiger partial charge in [-0.2, -0.15) is 35.0 Å². The van der Waals surface area contributed by atoms with Crippen molar-refractivity contribution in [3.05, 3.63) is 84.9 Å². The molecule has 4 aromatic rings. The summed E-state index contributed by atoms with van der Waals surface area (Å²) >= 11 is 1.62. The van der Waals surface area contributed by atoms with Crippen molar-refractivity contribution in [3.63, 3.8) is 0 Å². The van der Waals surface area contributed by atoms with Crippen molar-refractivity contribution in [3.8, 4) is 0 Å². The van der Waals surface area contributed by atoms with E-state index in [-0.39, 0.29) is 24.8 Å². The minimum absolute atomic E-state index is 0. The van der Waals surface area contributed by atoms with Gasteiger partial charge in [-0.05, 0) is 0 Å². The number of fused-ring (bicyclic) bond motifs is 2. The molecular weight excluding hydrogens is 450 g/mol. The molecule has 0 atom stereocenters. The molecule has 0 bridgehead atoms. The summed E-state index contributed by atoms with van der Waals surface area (Å²) in [6.45, 7) is 6.74. The van der Waals surface area contributed by atoms with Crippen LogP contribution in [0.1, 0.15) is 27.2 Å². The van der Waals surface area contributed by atoms with Gasteiger partial charge in [-0.1, -0.05) is 12.1 Å². The van der Waals surface area contributed by atoms with E-state index >= 15 is 0 Å². The van der Waals surface area contributed by atoms with E-state index in [2.05, 4.69) is 106 Å². The summed E-state index contributed by atoms with van der Waals surface area (Å²) in [6.07, 6.45) is 1.27. The number of hydrogen-bond donors (Lipinski definition) is 0. The molecule has 4 rings (SSSR count). The molecule has 0 aliphatic rings. The molecule has 0 heterocycles. The smallest absolute Gasteiger partial charge is 0.0809 e. The van der Waals surface area contributed by atoms with Crippen LogP contribution in [0.25, 0.3) is 21.5 Å². The van der Waals surface area contributed by atoms with Gasteiger partial charge in [0, 0.05) is 0 Å². The van der Waals surface area contributed by atoms with Crippen LogP contribution >= 0.6 is 0 Å². The summed E-state index contributed by atoms with van der Waals surface area (Å²) in [5, 5.41) is 5.32. The van der Waals surface area contributed by atoms with Crippen LogP contribution in [0.2, 0.25) is 0 Å². The molecule has 142 valence electrons. The first-order chi connectivity index (χ1) is 12.1. The summed E-state index contributed by atoms with van der Waals surface area (Å²) in [5.74, 6) is 0.822. The molecule has 0 saturated heterocycles. The number of halogens is 2. The molecule has 27 heavy (non-hydrogen) atoms. The van der Waals surface area contributed by atoms with E-state index < -0.39 is 0 Å². The Labute approximate surface area is 190 Å². The second kappa shape index (κ2) is 14.1. The fraction of sp³-hybridized carbons (Fsp3) is 0.208. The Hall–Kier alpha value is -1.01. The SMILES string of the molecule is CC[C](=[Zr+2])C(C)C.[Cl-].[Cl-].c1ccc2[cH-]ccc2c1.c1ccc2[cH-]ccc2c1. The maximum absolute atomic E-state index is 2.26. The molecule has 0 fully saturated rings. The van der Waals surface area contributed by atoms with E-state index in [9.17, 15) is 0 Å². The first-order valence-electron chi connectivity index (χ1n) is 8.90. The Balaban J connectivity index is 0.000000367. The van der Waals surface area contributed by atoms with E-state index in [0.717, 1.165) is 5.92 Å². The summed E-state index contributed by atoms with van der Waals surface area (Å²) in [6, 6.07) is 29.3. The zero-order chi connectivity index (χ0) is 18.1. The number of rotatable bonds is 2. The summed E-state index contributed by atoms with van der Waals surface area (Å²) < 4.78 is 1.69. The molecule has 0 aliphatic heterocycles. The molecule has 0 N–H and O–H groups in total. The van der Waals surface area contributed by atoms with Crippen LogP contribution in [0, 0.1) is 5.92 Å².